The van der Waals surface area contributed by atoms with E-state index in [0.29, 0.717) is 14.9 Å². The average molecular weight is 384 g/mol. The van der Waals surface area contributed by atoms with E-state index in [1.165, 1.54) is 28.8 Å². The number of phenolic OH excluding ortho intramolecular Hbond substituents is 1. The first kappa shape index (κ1) is 18.2. The Morgan fingerprint density at radius 1 is 1.19 bits per heavy atom. The van der Waals surface area contributed by atoms with Crippen LogP contribution in [0.1, 0.15) is 11.1 Å². The summed E-state index contributed by atoms with van der Waals surface area (Å²) >= 11 is 6.43. The number of nitrogens with zero attached hydrogens (tertiary/aromatic N) is 1. The summed E-state index contributed by atoms with van der Waals surface area (Å²) in [5.41, 5.74) is 2.58. The fourth-order valence-electron chi connectivity index (χ4n) is 2.34. The van der Waals surface area contributed by atoms with Crippen LogP contribution < -0.4 is 5.32 Å². The van der Waals surface area contributed by atoms with Gasteiger partial charge in [-0.2, -0.15) is 0 Å². The molecule has 5 nitrogen and oxygen atoms in total. The maximum absolute atomic E-state index is 12.6. The van der Waals surface area contributed by atoms with Crippen LogP contribution in [-0.2, 0) is 9.59 Å². The van der Waals surface area contributed by atoms with E-state index in [0.717, 1.165) is 11.1 Å². The molecule has 1 saturated heterocycles. The molecule has 0 aliphatic carbocycles. The van der Waals surface area contributed by atoms with Gasteiger partial charge in [0.2, 0.25) is 5.91 Å². The summed E-state index contributed by atoms with van der Waals surface area (Å²) in [5, 5.41) is 11.9. The van der Waals surface area contributed by atoms with Crippen LogP contribution in [0.3, 0.4) is 0 Å². The second-order valence-electron chi connectivity index (χ2n) is 5.77. The predicted molar refractivity (Wildman–Crippen MR) is 108 cm³/mol. The zero-order valence-electron chi connectivity index (χ0n) is 13.9. The minimum atomic E-state index is -0.358. The Labute approximate surface area is 160 Å². The SMILES string of the molecule is Cc1ccc(C=C2SC(=S)N(CC(=O)Nc3ccc(O)cc3)C2=O)cc1. The monoisotopic (exact) mass is 384 g/mol. The molecule has 1 heterocycles. The third-order valence-corrected chi connectivity index (χ3v) is 5.08. The van der Waals surface area contributed by atoms with E-state index in [-0.39, 0.29) is 24.1 Å². The molecule has 0 radical (unpaired) electrons. The number of anilines is 1. The number of amides is 2. The molecule has 0 saturated carbocycles. The molecule has 1 aliphatic rings. The molecule has 0 unspecified atom stereocenters. The second-order valence-corrected chi connectivity index (χ2v) is 7.45. The largest absolute Gasteiger partial charge is 0.508 e. The van der Waals surface area contributed by atoms with Gasteiger partial charge in [0.15, 0.2) is 0 Å². The fourth-order valence-corrected chi connectivity index (χ4v) is 3.59. The van der Waals surface area contributed by atoms with Crippen molar-refractivity contribution in [1.29, 1.82) is 0 Å². The normalized spacial score (nSPS) is 15.6. The fraction of sp³-hybridized carbons (Fsp3) is 0.105. The molecular weight excluding hydrogens is 368 g/mol. The van der Waals surface area contributed by atoms with Gasteiger partial charge in [-0.25, -0.2) is 0 Å². The van der Waals surface area contributed by atoms with Gasteiger partial charge in [0.05, 0.1) is 4.91 Å². The predicted octanol–water partition coefficient (Wildman–Crippen LogP) is 3.54. The van der Waals surface area contributed by atoms with Gasteiger partial charge in [-0.1, -0.05) is 53.8 Å². The molecule has 132 valence electrons. The van der Waals surface area contributed by atoms with Gasteiger partial charge in [0, 0.05) is 5.69 Å². The van der Waals surface area contributed by atoms with E-state index in [9.17, 15) is 14.7 Å². The van der Waals surface area contributed by atoms with Crippen LogP contribution in [0.25, 0.3) is 6.08 Å². The van der Waals surface area contributed by atoms with Crippen LogP contribution >= 0.6 is 24.0 Å². The lowest BCUT2D eigenvalue weighted by molar-refractivity contribution is -0.126. The van der Waals surface area contributed by atoms with Gasteiger partial charge >= 0.3 is 0 Å². The van der Waals surface area contributed by atoms with Crippen molar-refractivity contribution in [3.8, 4) is 5.75 Å². The maximum atomic E-state index is 12.6. The van der Waals surface area contributed by atoms with E-state index >= 15 is 0 Å². The van der Waals surface area contributed by atoms with E-state index in [4.69, 9.17) is 12.2 Å². The number of rotatable bonds is 4. The van der Waals surface area contributed by atoms with Gasteiger partial charge in [0.1, 0.15) is 16.6 Å². The molecule has 1 fully saturated rings. The number of aromatic hydroxyl groups is 1. The van der Waals surface area contributed by atoms with Gasteiger partial charge in [-0.15, -0.1) is 0 Å². The molecular formula is C19H16N2O3S2. The standard InChI is InChI=1S/C19H16N2O3S2/c1-12-2-4-13(5-3-12)10-16-18(24)21(19(25)26-16)11-17(23)20-14-6-8-15(22)9-7-14/h2-10,22H,11H2,1H3,(H,20,23). The van der Waals surface area contributed by atoms with Gasteiger partial charge < -0.3 is 10.4 Å². The molecule has 2 aromatic rings. The van der Waals surface area contributed by atoms with E-state index in [1.54, 1.807) is 18.2 Å². The molecule has 3 rings (SSSR count). The Balaban J connectivity index is 1.67. The van der Waals surface area contributed by atoms with Crippen LogP contribution in [-0.4, -0.2) is 32.7 Å². The number of hydrogen-bond acceptors (Lipinski definition) is 5. The lowest BCUT2D eigenvalue weighted by Crippen LogP contribution is -2.36. The first-order valence-electron chi connectivity index (χ1n) is 7.83. The summed E-state index contributed by atoms with van der Waals surface area (Å²) in [6.45, 7) is 1.84. The summed E-state index contributed by atoms with van der Waals surface area (Å²) in [6.07, 6.45) is 1.77. The number of benzene rings is 2. The lowest BCUT2D eigenvalue weighted by Gasteiger charge is -2.14. The second kappa shape index (κ2) is 7.72. The van der Waals surface area contributed by atoms with Crippen LogP contribution in [0.2, 0.25) is 0 Å². The Morgan fingerprint density at radius 2 is 1.85 bits per heavy atom. The van der Waals surface area contributed by atoms with Crippen LogP contribution in [0, 0.1) is 6.92 Å². The van der Waals surface area contributed by atoms with Crippen LogP contribution in [0.4, 0.5) is 5.69 Å². The minimum absolute atomic E-state index is 0.112. The third-order valence-electron chi connectivity index (χ3n) is 3.70. The van der Waals surface area contributed by atoms with E-state index < -0.39 is 0 Å². The summed E-state index contributed by atoms with van der Waals surface area (Å²) in [6, 6.07) is 13.9. The molecule has 7 heteroatoms. The van der Waals surface area contributed by atoms with Crippen LogP contribution in [0.5, 0.6) is 5.75 Å². The van der Waals surface area contributed by atoms with E-state index in [2.05, 4.69) is 5.32 Å². The lowest BCUT2D eigenvalue weighted by atomic mass is 10.1. The van der Waals surface area contributed by atoms with Crippen molar-refractivity contribution in [1.82, 2.24) is 4.90 Å². The summed E-state index contributed by atoms with van der Waals surface area (Å²) in [4.78, 5) is 26.5. The number of carbonyl (C=O) groups excluding carboxylic acids is 2. The number of phenols is 1. The molecule has 0 spiro atoms. The Morgan fingerprint density at radius 3 is 2.50 bits per heavy atom. The Hall–Kier alpha value is -2.64. The van der Waals surface area contributed by atoms with Crippen molar-refractivity contribution in [2.75, 3.05) is 11.9 Å². The summed E-state index contributed by atoms with van der Waals surface area (Å²) in [7, 11) is 0. The smallest absolute Gasteiger partial charge is 0.266 e. The molecule has 0 bridgehead atoms. The van der Waals surface area contributed by atoms with Crippen molar-refractivity contribution in [3.05, 3.63) is 64.6 Å². The molecule has 0 atom stereocenters. The zero-order chi connectivity index (χ0) is 18.7. The zero-order valence-corrected chi connectivity index (χ0v) is 15.6. The van der Waals surface area contributed by atoms with Gasteiger partial charge in [-0.3, -0.25) is 14.5 Å². The molecule has 2 aromatic carbocycles. The van der Waals surface area contributed by atoms with E-state index in [1.807, 2.05) is 31.2 Å². The molecule has 2 N–H and O–H groups in total. The minimum Gasteiger partial charge on any atom is -0.508 e. The topological polar surface area (TPSA) is 69.6 Å². The van der Waals surface area contributed by atoms with Gasteiger partial charge in [0.25, 0.3) is 5.91 Å². The highest BCUT2D eigenvalue weighted by Gasteiger charge is 2.33. The summed E-state index contributed by atoms with van der Waals surface area (Å²) < 4.78 is 0.356. The quantitative estimate of drug-likeness (QED) is 0.479. The maximum Gasteiger partial charge on any atom is 0.266 e. The average Bonchev–Trinajstić information content (AvgIpc) is 2.86. The molecule has 2 amide bonds. The number of thioether (sulfide) groups is 1. The van der Waals surface area contributed by atoms with Gasteiger partial charge in [-0.05, 0) is 42.8 Å². The third kappa shape index (κ3) is 4.30. The number of carbonyl (C=O) groups is 2. The number of hydrogen-bond donors (Lipinski definition) is 2. The highest BCUT2D eigenvalue weighted by Crippen LogP contribution is 2.32. The van der Waals surface area contributed by atoms with Crippen LogP contribution in [0.15, 0.2) is 53.4 Å². The van der Waals surface area contributed by atoms with Crippen molar-refractivity contribution in [2.45, 2.75) is 6.92 Å². The Bertz CT molecular complexity index is 890. The number of aryl methyl sites for hydroxylation is 1. The number of thiocarbonyl (C=S) groups is 1. The molecule has 1 aliphatic heterocycles. The van der Waals surface area contributed by atoms with Crippen molar-refractivity contribution >= 4 is 51.9 Å². The molecule has 26 heavy (non-hydrogen) atoms. The first-order chi connectivity index (χ1) is 12.4. The van der Waals surface area contributed by atoms with Crippen molar-refractivity contribution in [2.24, 2.45) is 0 Å². The van der Waals surface area contributed by atoms with Crippen molar-refractivity contribution in [3.63, 3.8) is 0 Å². The Kier molecular flexibility index (Phi) is 5.39. The highest BCUT2D eigenvalue weighted by molar-refractivity contribution is 8.26. The number of nitrogens with one attached hydrogen (secondary N) is 1. The highest BCUT2D eigenvalue weighted by atomic mass is 32.2. The first-order valence-corrected chi connectivity index (χ1v) is 9.06. The molecule has 0 aromatic heterocycles. The van der Waals surface area contributed by atoms with Crippen molar-refractivity contribution < 1.29 is 14.7 Å². The summed E-state index contributed by atoms with van der Waals surface area (Å²) in [5.74, 6) is -0.522.